The number of hydrogen-bond acceptors (Lipinski definition) is 4. The van der Waals surface area contributed by atoms with Crippen molar-refractivity contribution in [3.63, 3.8) is 0 Å². The molecule has 40 heavy (non-hydrogen) atoms. The van der Waals surface area contributed by atoms with Crippen molar-refractivity contribution in [3.8, 4) is 0 Å². The summed E-state index contributed by atoms with van der Waals surface area (Å²) in [6.07, 6.45) is -1.72. The lowest BCUT2D eigenvalue weighted by molar-refractivity contribution is -0.136. The molecule has 2 aliphatic rings. The van der Waals surface area contributed by atoms with Crippen LogP contribution in [-0.4, -0.2) is 81.9 Å². The molecule has 12 heteroatoms. The summed E-state index contributed by atoms with van der Waals surface area (Å²) < 4.78 is 29.2. The van der Waals surface area contributed by atoms with Crippen LogP contribution < -0.4 is 10.6 Å². The second kappa shape index (κ2) is 14.4. The Kier molecular flexibility index (Phi) is 12.4. The van der Waals surface area contributed by atoms with Gasteiger partial charge in [0.05, 0.1) is 9.90 Å². The van der Waals surface area contributed by atoms with Crippen LogP contribution in [0.2, 0.25) is 0 Å². The summed E-state index contributed by atoms with van der Waals surface area (Å²) in [5, 5.41) is 4.66. The highest BCUT2D eigenvalue weighted by Crippen LogP contribution is 2.36. The molecule has 0 bridgehead atoms. The monoisotopic (exact) mass is 694 g/mol. The maximum absolute atomic E-state index is 14.6. The lowest BCUT2D eigenvalue weighted by atomic mass is 9.81. The molecule has 0 aromatic carbocycles. The Morgan fingerprint density at radius 3 is 1.40 bits per heavy atom. The average molecular weight is 696 g/mol. The van der Waals surface area contributed by atoms with Crippen molar-refractivity contribution in [1.82, 2.24) is 20.4 Å². The largest absolute Gasteiger partial charge is 0.350 e. The van der Waals surface area contributed by atoms with E-state index in [0.717, 1.165) is 12.8 Å². The number of carbonyl (C=O) groups is 4. The molecule has 4 amide bonds. The highest BCUT2D eigenvalue weighted by atomic mass is 79.9. The molecule has 8 nitrogen and oxygen atoms in total. The summed E-state index contributed by atoms with van der Waals surface area (Å²) in [6, 6.07) is 0. The van der Waals surface area contributed by atoms with Crippen LogP contribution in [0.15, 0.2) is 24.3 Å². The topological polar surface area (TPSA) is 98.8 Å². The van der Waals surface area contributed by atoms with Gasteiger partial charge in [0.1, 0.15) is 0 Å². The van der Waals surface area contributed by atoms with E-state index >= 15 is 0 Å². The first-order chi connectivity index (χ1) is 18.5. The maximum Gasteiger partial charge on any atom is 0.258 e. The summed E-state index contributed by atoms with van der Waals surface area (Å²) in [6.45, 7) is 16.7. The van der Waals surface area contributed by atoms with Gasteiger partial charge < -0.3 is 20.4 Å². The van der Waals surface area contributed by atoms with E-state index in [-0.39, 0.29) is 34.8 Å². The molecule has 0 aromatic rings. The summed E-state index contributed by atoms with van der Waals surface area (Å²) in [4.78, 5) is 51.7. The number of halogens is 4. The molecule has 0 aromatic heterocycles. The maximum atomic E-state index is 14.6. The first-order valence-corrected chi connectivity index (χ1v) is 15.4. The van der Waals surface area contributed by atoms with Gasteiger partial charge in [-0.25, -0.2) is 8.78 Å². The van der Waals surface area contributed by atoms with Crippen molar-refractivity contribution in [2.45, 2.75) is 88.5 Å². The van der Waals surface area contributed by atoms with Crippen LogP contribution in [-0.2, 0) is 19.2 Å². The van der Waals surface area contributed by atoms with Gasteiger partial charge >= 0.3 is 0 Å². The highest BCUT2D eigenvalue weighted by molar-refractivity contribution is 9.09. The Balaban J connectivity index is 1.80. The first-order valence-electron chi connectivity index (χ1n) is 13.5. The predicted molar refractivity (Wildman–Crippen MR) is 158 cm³/mol. The Morgan fingerprint density at radius 2 is 1.12 bits per heavy atom. The Bertz CT molecular complexity index is 929. The smallest absolute Gasteiger partial charge is 0.258 e. The summed E-state index contributed by atoms with van der Waals surface area (Å²) >= 11 is 7.10. The van der Waals surface area contributed by atoms with E-state index in [4.69, 9.17) is 0 Å². The quantitative estimate of drug-likeness (QED) is 0.150. The number of alkyl halides is 4. The fraction of sp³-hybridized carbons (Fsp3) is 0.714. The summed E-state index contributed by atoms with van der Waals surface area (Å²) in [5.41, 5.74) is 0.101. The number of likely N-dealkylation sites (tertiary alicyclic amines) is 2. The van der Waals surface area contributed by atoms with Gasteiger partial charge in [0.15, 0.2) is 0 Å². The van der Waals surface area contributed by atoms with E-state index < -0.39 is 35.0 Å². The lowest BCUT2D eigenvalue weighted by Gasteiger charge is -2.33. The molecular formula is C28H42Br2F2N4O4. The fourth-order valence-corrected chi connectivity index (χ4v) is 7.09. The van der Waals surface area contributed by atoms with Crippen molar-refractivity contribution in [3.05, 3.63) is 24.3 Å². The highest BCUT2D eigenvalue weighted by Gasteiger charge is 2.37. The van der Waals surface area contributed by atoms with Crippen molar-refractivity contribution in [2.75, 3.05) is 26.2 Å². The van der Waals surface area contributed by atoms with Crippen molar-refractivity contribution < 1.29 is 28.0 Å². The van der Waals surface area contributed by atoms with Gasteiger partial charge in [0, 0.05) is 39.0 Å². The lowest BCUT2D eigenvalue weighted by Crippen LogP contribution is -2.47. The van der Waals surface area contributed by atoms with E-state index in [1.165, 1.54) is 0 Å². The number of rotatable bonds is 15. The van der Waals surface area contributed by atoms with Gasteiger partial charge in [0.25, 0.3) is 11.8 Å². The molecule has 4 unspecified atom stereocenters. The molecule has 2 aliphatic heterocycles. The Hall–Kier alpha value is -1.82. The van der Waals surface area contributed by atoms with Crippen molar-refractivity contribution in [1.29, 1.82) is 0 Å². The van der Waals surface area contributed by atoms with Crippen LogP contribution in [0.4, 0.5) is 8.78 Å². The minimum absolute atomic E-state index is 0.0714. The van der Waals surface area contributed by atoms with E-state index in [0.29, 0.717) is 49.9 Å². The molecule has 4 atom stereocenters. The minimum atomic E-state index is -2.70. The van der Waals surface area contributed by atoms with E-state index in [9.17, 15) is 28.0 Å². The second-order valence-corrected chi connectivity index (χ2v) is 14.0. The number of nitrogens with one attached hydrogen (secondary N) is 2. The zero-order valence-corrected chi connectivity index (χ0v) is 27.0. The van der Waals surface area contributed by atoms with Crippen molar-refractivity contribution >= 4 is 55.5 Å². The van der Waals surface area contributed by atoms with Crippen LogP contribution in [0.1, 0.15) is 66.2 Å². The number of amides is 4. The van der Waals surface area contributed by atoms with Crippen LogP contribution in [0.3, 0.4) is 0 Å². The molecule has 2 heterocycles. The molecule has 226 valence electrons. The van der Waals surface area contributed by atoms with Crippen LogP contribution in [0.5, 0.6) is 0 Å². The third-order valence-electron chi connectivity index (χ3n) is 7.88. The van der Waals surface area contributed by atoms with Gasteiger partial charge in [-0.15, -0.1) is 0 Å². The van der Waals surface area contributed by atoms with Gasteiger partial charge in [0.2, 0.25) is 24.2 Å². The molecule has 2 rings (SSSR count). The molecule has 0 saturated carbocycles. The SMILES string of the molecule is C=C(CNC(=O)C(F)C(F)C(=O)NCC(=C)C(C)(C)CC(Br)N1CCCC1=O)C(C)(C)CC(Br)N1CCCC1=O. The molecule has 0 radical (unpaired) electrons. The first kappa shape index (κ1) is 34.4. The zero-order valence-electron chi connectivity index (χ0n) is 23.8. The van der Waals surface area contributed by atoms with Gasteiger partial charge in [-0.1, -0.05) is 83.9 Å². The normalized spacial score (nSPS) is 19.3. The third kappa shape index (κ3) is 9.09. The van der Waals surface area contributed by atoms with Crippen LogP contribution in [0, 0.1) is 10.8 Å². The third-order valence-corrected chi connectivity index (χ3v) is 9.51. The molecule has 2 fully saturated rings. The van der Waals surface area contributed by atoms with Crippen LogP contribution >= 0.6 is 31.9 Å². The predicted octanol–water partition coefficient (Wildman–Crippen LogP) is 4.53. The molecule has 2 N–H and O–H groups in total. The van der Waals surface area contributed by atoms with E-state index in [1.54, 1.807) is 9.80 Å². The fourth-order valence-electron chi connectivity index (χ4n) is 4.61. The summed E-state index contributed by atoms with van der Waals surface area (Å²) in [7, 11) is 0. The standard InChI is InChI=1S/C28H42Br2F2N4O4/c1-17(27(3,4)13-19(29)35-11-7-9-21(35)37)15-33-25(39)23(31)24(32)26(40)34-16-18(2)28(5,6)14-20(30)36-12-8-10-22(36)38/h19-20,23-24H,1-2,7-16H2,3-6H3,(H,33,39)(H,34,40). The van der Waals surface area contributed by atoms with Gasteiger partial charge in [-0.05, 0) is 36.5 Å². The minimum Gasteiger partial charge on any atom is -0.350 e. The molecule has 0 aliphatic carbocycles. The second-order valence-electron chi connectivity index (χ2n) is 11.9. The van der Waals surface area contributed by atoms with Gasteiger partial charge in [-0.3, -0.25) is 19.2 Å². The Labute approximate surface area is 253 Å². The van der Waals surface area contributed by atoms with Gasteiger partial charge in [-0.2, -0.15) is 0 Å². The van der Waals surface area contributed by atoms with E-state index in [1.807, 2.05) is 27.7 Å². The van der Waals surface area contributed by atoms with E-state index in [2.05, 4.69) is 55.7 Å². The number of nitrogens with zero attached hydrogens (tertiary/aromatic N) is 2. The zero-order chi connectivity index (χ0) is 30.4. The summed E-state index contributed by atoms with van der Waals surface area (Å²) in [5.74, 6) is -2.35. The molecule has 2 saturated heterocycles. The van der Waals surface area contributed by atoms with Crippen molar-refractivity contribution in [2.24, 2.45) is 10.8 Å². The average Bonchev–Trinajstić information content (AvgIpc) is 3.51. The number of carbonyl (C=O) groups excluding carboxylic acids is 4. The molecule has 0 spiro atoms. The Morgan fingerprint density at radius 1 is 0.800 bits per heavy atom. The molecular weight excluding hydrogens is 654 g/mol. The number of hydrogen-bond donors (Lipinski definition) is 2. The van der Waals surface area contributed by atoms with Crippen LogP contribution in [0.25, 0.3) is 0 Å².